The predicted octanol–water partition coefficient (Wildman–Crippen LogP) is 0.00840. The summed E-state index contributed by atoms with van der Waals surface area (Å²) in [6.07, 6.45) is 3.01. The SMILES string of the molecule is NC(=O)c1nc[nH]c2ccnc1-2. The molecule has 0 unspecified atom stereocenters. The van der Waals surface area contributed by atoms with Crippen molar-refractivity contribution in [1.82, 2.24) is 15.0 Å². The summed E-state index contributed by atoms with van der Waals surface area (Å²) >= 11 is 0. The van der Waals surface area contributed by atoms with Gasteiger partial charge in [-0.15, -0.1) is 0 Å². The standard InChI is InChI=1S/C7H6N4O/c8-7(12)6-5-4(1-2-9-5)10-3-11-6/h1-3H,(H2,8,12)(H,10,11). The van der Waals surface area contributed by atoms with E-state index in [0.29, 0.717) is 5.69 Å². The van der Waals surface area contributed by atoms with E-state index in [4.69, 9.17) is 5.73 Å². The van der Waals surface area contributed by atoms with Crippen molar-refractivity contribution in [3.8, 4) is 11.4 Å². The van der Waals surface area contributed by atoms with Gasteiger partial charge >= 0.3 is 0 Å². The van der Waals surface area contributed by atoms with Crippen molar-refractivity contribution in [2.24, 2.45) is 5.73 Å². The second-order valence-electron chi connectivity index (χ2n) is 2.32. The molecule has 5 nitrogen and oxygen atoms in total. The number of carbonyl (C=O) groups is 1. The van der Waals surface area contributed by atoms with Crippen LogP contribution in [0.1, 0.15) is 10.5 Å². The molecular formula is C7H6N4O. The van der Waals surface area contributed by atoms with Gasteiger partial charge in [0.1, 0.15) is 5.69 Å². The molecule has 0 atom stereocenters. The zero-order valence-electron chi connectivity index (χ0n) is 6.11. The maximum Gasteiger partial charge on any atom is 0.269 e. The molecular weight excluding hydrogens is 156 g/mol. The van der Waals surface area contributed by atoms with Gasteiger partial charge in [0.25, 0.3) is 5.91 Å². The minimum atomic E-state index is -0.562. The predicted molar refractivity (Wildman–Crippen MR) is 41.5 cm³/mol. The van der Waals surface area contributed by atoms with Gasteiger partial charge in [-0.3, -0.25) is 9.78 Å². The Bertz CT molecular complexity index is 394. The Morgan fingerprint density at radius 2 is 2.33 bits per heavy atom. The number of hydrogen-bond donors (Lipinski definition) is 2. The number of aromatic nitrogens is 3. The van der Waals surface area contributed by atoms with Crippen LogP contribution in [0.5, 0.6) is 0 Å². The van der Waals surface area contributed by atoms with Gasteiger partial charge in [0.2, 0.25) is 0 Å². The third-order valence-electron chi connectivity index (χ3n) is 1.57. The van der Waals surface area contributed by atoms with Gasteiger partial charge in [-0.05, 0) is 6.07 Å². The van der Waals surface area contributed by atoms with Crippen LogP contribution in [0.4, 0.5) is 0 Å². The van der Waals surface area contributed by atoms with E-state index in [1.54, 1.807) is 12.3 Å². The zero-order chi connectivity index (χ0) is 8.55. The lowest BCUT2D eigenvalue weighted by atomic mass is 10.2. The number of hydrogen-bond acceptors (Lipinski definition) is 3. The number of rotatable bonds is 1. The first-order valence-electron chi connectivity index (χ1n) is 3.37. The normalized spacial score (nSPS) is 10.3. The summed E-state index contributed by atoms with van der Waals surface area (Å²) in [5.41, 5.74) is 6.57. The molecule has 2 heterocycles. The Morgan fingerprint density at radius 3 is 3.08 bits per heavy atom. The summed E-state index contributed by atoms with van der Waals surface area (Å²) in [6, 6.07) is 1.75. The molecule has 2 rings (SSSR count). The molecule has 0 aromatic carbocycles. The number of nitrogens with zero attached hydrogens (tertiary/aromatic N) is 2. The third kappa shape index (κ3) is 0.833. The topological polar surface area (TPSA) is 84.7 Å². The van der Waals surface area contributed by atoms with Gasteiger partial charge in [0.05, 0.1) is 12.0 Å². The summed E-state index contributed by atoms with van der Waals surface area (Å²) < 4.78 is 0. The molecule has 12 heavy (non-hydrogen) atoms. The number of carbonyl (C=O) groups excluding carboxylic acids is 1. The fourth-order valence-corrected chi connectivity index (χ4v) is 1.05. The highest BCUT2D eigenvalue weighted by Crippen LogP contribution is 2.18. The van der Waals surface area contributed by atoms with Crippen molar-refractivity contribution in [2.45, 2.75) is 0 Å². The zero-order valence-corrected chi connectivity index (χ0v) is 6.11. The van der Waals surface area contributed by atoms with Crippen LogP contribution in [0.25, 0.3) is 11.4 Å². The highest BCUT2D eigenvalue weighted by Gasteiger charge is 2.14. The average Bonchev–Trinajstić information content (AvgIpc) is 2.49. The highest BCUT2D eigenvalue weighted by molar-refractivity contribution is 5.96. The van der Waals surface area contributed by atoms with Crippen molar-refractivity contribution in [3.63, 3.8) is 0 Å². The summed E-state index contributed by atoms with van der Waals surface area (Å²) in [5.74, 6) is -0.562. The summed E-state index contributed by atoms with van der Waals surface area (Å²) in [7, 11) is 0. The van der Waals surface area contributed by atoms with E-state index in [9.17, 15) is 4.79 Å². The number of nitrogens with two attached hydrogens (primary N) is 1. The van der Waals surface area contributed by atoms with Gasteiger partial charge in [0, 0.05) is 6.20 Å². The van der Waals surface area contributed by atoms with E-state index in [1.807, 2.05) is 0 Å². The molecule has 2 aliphatic heterocycles. The fraction of sp³-hybridized carbons (Fsp3) is 0. The maximum absolute atomic E-state index is 10.8. The summed E-state index contributed by atoms with van der Waals surface area (Å²) in [6.45, 7) is 0. The van der Waals surface area contributed by atoms with Crippen molar-refractivity contribution in [3.05, 3.63) is 24.3 Å². The number of H-pyrrole nitrogens is 1. The van der Waals surface area contributed by atoms with Crippen LogP contribution in [0, 0.1) is 0 Å². The van der Waals surface area contributed by atoms with Crippen LogP contribution in [0.3, 0.4) is 0 Å². The van der Waals surface area contributed by atoms with Crippen LogP contribution in [-0.2, 0) is 0 Å². The lowest BCUT2D eigenvalue weighted by Gasteiger charge is -2.00. The smallest absolute Gasteiger partial charge is 0.269 e. The Hall–Kier alpha value is -1.91. The van der Waals surface area contributed by atoms with Crippen molar-refractivity contribution in [1.29, 1.82) is 0 Å². The Morgan fingerprint density at radius 1 is 1.50 bits per heavy atom. The molecule has 0 aromatic heterocycles. The number of amides is 1. The monoisotopic (exact) mass is 162 g/mol. The quantitative estimate of drug-likeness (QED) is 0.619. The molecule has 2 aliphatic rings. The van der Waals surface area contributed by atoms with Gasteiger partial charge in [-0.25, -0.2) is 4.98 Å². The van der Waals surface area contributed by atoms with Crippen LogP contribution < -0.4 is 5.73 Å². The molecule has 0 radical (unpaired) electrons. The molecule has 0 saturated carbocycles. The van der Waals surface area contributed by atoms with E-state index in [-0.39, 0.29) is 5.69 Å². The molecule has 5 heteroatoms. The number of nitrogens with one attached hydrogen (secondary N) is 1. The Labute approximate surface area is 68.0 Å². The number of primary amides is 1. The van der Waals surface area contributed by atoms with Crippen molar-refractivity contribution in [2.75, 3.05) is 0 Å². The molecule has 60 valence electrons. The largest absolute Gasteiger partial charge is 0.364 e. The Balaban J connectivity index is 2.71. The summed E-state index contributed by atoms with van der Waals surface area (Å²) in [5, 5.41) is 0. The molecule has 0 spiro atoms. The van der Waals surface area contributed by atoms with Crippen molar-refractivity contribution >= 4 is 5.91 Å². The second-order valence-corrected chi connectivity index (χ2v) is 2.32. The van der Waals surface area contributed by atoms with E-state index in [2.05, 4.69) is 15.0 Å². The van der Waals surface area contributed by atoms with E-state index >= 15 is 0 Å². The summed E-state index contributed by atoms with van der Waals surface area (Å²) in [4.78, 5) is 21.4. The van der Waals surface area contributed by atoms with E-state index in [1.165, 1.54) is 6.33 Å². The molecule has 0 saturated heterocycles. The molecule has 0 bridgehead atoms. The lowest BCUT2D eigenvalue weighted by molar-refractivity contribution is 0.0996. The molecule has 1 amide bonds. The molecule has 0 fully saturated rings. The van der Waals surface area contributed by atoms with Crippen LogP contribution in [-0.4, -0.2) is 20.9 Å². The highest BCUT2D eigenvalue weighted by atomic mass is 16.1. The van der Waals surface area contributed by atoms with Gasteiger partial charge in [-0.2, -0.15) is 0 Å². The molecule has 0 aliphatic carbocycles. The van der Waals surface area contributed by atoms with Crippen LogP contribution >= 0.6 is 0 Å². The van der Waals surface area contributed by atoms with Gasteiger partial charge < -0.3 is 10.7 Å². The minimum absolute atomic E-state index is 0.203. The first kappa shape index (κ1) is 6.78. The molecule has 0 aromatic rings. The van der Waals surface area contributed by atoms with E-state index in [0.717, 1.165) is 5.69 Å². The first-order valence-corrected chi connectivity index (χ1v) is 3.37. The Kier molecular flexibility index (Phi) is 1.30. The van der Waals surface area contributed by atoms with Crippen molar-refractivity contribution < 1.29 is 4.79 Å². The van der Waals surface area contributed by atoms with Crippen LogP contribution in [0.15, 0.2) is 18.6 Å². The van der Waals surface area contributed by atoms with E-state index < -0.39 is 5.91 Å². The maximum atomic E-state index is 10.8. The molecule has 3 N–H and O–H groups in total. The van der Waals surface area contributed by atoms with Gasteiger partial charge in [0.15, 0.2) is 5.69 Å². The fourth-order valence-electron chi connectivity index (χ4n) is 1.05. The number of fused-ring (bicyclic) bond motifs is 1. The third-order valence-corrected chi connectivity index (χ3v) is 1.57. The lowest BCUT2D eigenvalue weighted by Crippen LogP contribution is -2.15. The average molecular weight is 162 g/mol. The number of aromatic amines is 1. The second kappa shape index (κ2) is 2.30. The first-order chi connectivity index (χ1) is 5.79. The van der Waals surface area contributed by atoms with Gasteiger partial charge in [-0.1, -0.05) is 0 Å². The minimum Gasteiger partial charge on any atom is -0.364 e. The van der Waals surface area contributed by atoms with Crippen LogP contribution in [0.2, 0.25) is 0 Å².